The minimum atomic E-state index is -1.07. The van der Waals surface area contributed by atoms with Crippen molar-refractivity contribution in [3.63, 3.8) is 0 Å². The topological polar surface area (TPSA) is 102 Å². The van der Waals surface area contributed by atoms with Gasteiger partial charge in [-0.05, 0) is 0 Å². The largest absolute Gasteiger partial charge is 0.480 e. The lowest BCUT2D eigenvalue weighted by Crippen LogP contribution is -2.32. The number of carbonyl (C=O) groups is 1. The van der Waals surface area contributed by atoms with Crippen LogP contribution in [0, 0.1) is 0 Å². The average Bonchev–Trinajstić information content (AvgIpc) is 2.39. The van der Waals surface area contributed by atoms with Crippen LogP contribution in [-0.4, -0.2) is 27.3 Å². The average molecular weight is 157 g/mol. The van der Waals surface area contributed by atoms with Crippen molar-refractivity contribution in [1.82, 2.24) is 10.1 Å². The van der Waals surface area contributed by atoms with E-state index in [1.165, 1.54) is 0 Å². The predicted octanol–water partition coefficient (Wildman–Crippen LogP) is -0.976. The smallest absolute Gasteiger partial charge is 0.320 e. The fourth-order valence-electron chi connectivity index (χ4n) is 0.566. The van der Waals surface area contributed by atoms with Crippen molar-refractivity contribution >= 4 is 5.97 Å². The molecule has 1 aromatic heterocycles. The van der Waals surface area contributed by atoms with E-state index in [1.807, 2.05) is 0 Å². The van der Waals surface area contributed by atoms with Gasteiger partial charge >= 0.3 is 5.97 Å². The molecule has 0 aliphatic heterocycles. The Bertz CT molecular complexity index is 233. The summed E-state index contributed by atoms with van der Waals surface area (Å²) in [7, 11) is 0. The maximum absolute atomic E-state index is 10.2. The highest BCUT2D eigenvalue weighted by atomic mass is 16.5. The van der Waals surface area contributed by atoms with Gasteiger partial charge in [-0.25, -0.2) is 0 Å². The van der Waals surface area contributed by atoms with E-state index in [0.29, 0.717) is 5.82 Å². The van der Waals surface area contributed by atoms with Crippen molar-refractivity contribution < 1.29 is 14.4 Å². The number of aliphatic carboxylic acids is 1. The van der Waals surface area contributed by atoms with Gasteiger partial charge in [-0.3, -0.25) is 4.79 Å². The number of nitrogens with two attached hydrogens (primary N) is 1. The Morgan fingerprint density at radius 2 is 2.64 bits per heavy atom. The van der Waals surface area contributed by atoms with Crippen LogP contribution in [0.5, 0.6) is 0 Å². The Morgan fingerprint density at radius 3 is 3.09 bits per heavy atom. The monoisotopic (exact) mass is 157 g/mol. The molecule has 0 spiro atoms. The van der Waals surface area contributed by atoms with Gasteiger partial charge in [-0.2, -0.15) is 4.98 Å². The van der Waals surface area contributed by atoms with Crippen molar-refractivity contribution in [2.75, 3.05) is 0 Å². The molecule has 0 amide bonds. The molecule has 60 valence electrons. The Labute approximate surface area is 62.0 Å². The molecule has 0 fully saturated rings. The van der Waals surface area contributed by atoms with Crippen LogP contribution in [0.4, 0.5) is 0 Å². The second-order valence-corrected chi connectivity index (χ2v) is 2.00. The van der Waals surface area contributed by atoms with E-state index >= 15 is 0 Å². The lowest BCUT2D eigenvalue weighted by atomic mass is 10.2. The van der Waals surface area contributed by atoms with Crippen LogP contribution in [-0.2, 0) is 11.2 Å². The van der Waals surface area contributed by atoms with Gasteiger partial charge in [0.25, 0.3) is 0 Å². The summed E-state index contributed by atoms with van der Waals surface area (Å²) in [5.74, 6) is -0.769. The summed E-state index contributed by atoms with van der Waals surface area (Å²) in [5, 5.41) is 11.8. The first-order valence-corrected chi connectivity index (χ1v) is 2.94. The van der Waals surface area contributed by atoms with Gasteiger partial charge in [0.05, 0.1) is 0 Å². The Kier molecular flexibility index (Phi) is 2.17. The number of rotatable bonds is 3. The minimum Gasteiger partial charge on any atom is -0.480 e. The zero-order chi connectivity index (χ0) is 8.27. The van der Waals surface area contributed by atoms with Crippen molar-refractivity contribution in [2.24, 2.45) is 5.73 Å². The van der Waals surface area contributed by atoms with E-state index in [1.54, 1.807) is 0 Å². The molecular weight excluding hydrogens is 150 g/mol. The molecule has 0 radical (unpaired) electrons. The van der Waals surface area contributed by atoms with E-state index < -0.39 is 12.0 Å². The standard InChI is InChI=1S/C5H7N3O3/c6-3(5(9)10)1-4-7-2-11-8-4/h2-3H,1,6H2,(H,9,10)/t3-/m0/s1. The SMILES string of the molecule is N[C@@H](Cc1ncon1)C(=O)O. The molecule has 1 heterocycles. The third kappa shape index (κ3) is 2.01. The molecule has 0 saturated carbocycles. The Hall–Kier alpha value is -1.43. The maximum atomic E-state index is 10.2. The van der Waals surface area contributed by atoms with E-state index in [4.69, 9.17) is 10.8 Å². The molecule has 0 saturated heterocycles. The number of nitrogens with zero attached hydrogens (tertiary/aromatic N) is 2. The summed E-state index contributed by atoms with van der Waals surface area (Å²) in [6.45, 7) is 0. The first-order valence-electron chi connectivity index (χ1n) is 2.94. The van der Waals surface area contributed by atoms with E-state index in [0.717, 1.165) is 6.39 Å². The summed E-state index contributed by atoms with van der Waals surface area (Å²) in [5.41, 5.74) is 5.19. The summed E-state index contributed by atoms with van der Waals surface area (Å²) < 4.78 is 4.39. The lowest BCUT2D eigenvalue weighted by Gasteiger charge is -1.99. The molecule has 0 aliphatic carbocycles. The highest BCUT2D eigenvalue weighted by Crippen LogP contribution is 1.93. The summed E-state index contributed by atoms with van der Waals surface area (Å²) in [6.07, 6.45) is 1.22. The van der Waals surface area contributed by atoms with Gasteiger partial charge in [0.1, 0.15) is 6.04 Å². The number of hydrogen-bond donors (Lipinski definition) is 2. The predicted molar refractivity (Wildman–Crippen MR) is 33.6 cm³/mol. The van der Waals surface area contributed by atoms with Crippen LogP contribution in [0.2, 0.25) is 0 Å². The van der Waals surface area contributed by atoms with Gasteiger partial charge in [-0.15, -0.1) is 0 Å². The van der Waals surface area contributed by atoms with Crippen molar-refractivity contribution in [3.05, 3.63) is 12.2 Å². The molecule has 6 nitrogen and oxygen atoms in total. The molecule has 6 heteroatoms. The molecular formula is C5H7N3O3. The zero-order valence-corrected chi connectivity index (χ0v) is 5.60. The van der Waals surface area contributed by atoms with Gasteiger partial charge < -0.3 is 15.4 Å². The molecule has 1 atom stereocenters. The molecule has 1 rings (SSSR count). The fraction of sp³-hybridized carbons (Fsp3) is 0.400. The van der Waals surface area contributed by atoms with E-state index in [2.05, 4.69) is 14.7 Å². The van der Waals surface area contributed by atoms with Crippen LogP contribution < -0.4 is 5.73 Å². The fourth-order valence-corrected chi connectivity index (χ4v) is 0.566. The molecule has 11 heavy (non-hydrogen) atoms. The van der Waals surface area contributed by atoms with Gasteiger partial charge in [-0.1, -0.05) is 5.16 Å². The van der Waals surface area contributed by atoms with Crippen molar-refractivity contribution in [1.29, 1.82) is 0 Å². The maximum Gasteiger partial charge on any atom is 0.320 e. The van der Waals surface area contributed by atoms with Gasteiger partial charge in [0, 0.05) is 6.42 Å². The van der Waals surface area contributed by atoms with E-state index in [9.17, 15) is 4.79 Å². The summed E-state index contributed by atoms with van der Waals surface area (Å²) in [4.78, 5) is 13.8. The molecule has 0 aliphatic rings. The molecule has 0 unspecified atom stereocenters. The highest BCUT2D eigenvalue weighted by Gasteiger charge is 2.14. The Morgan fingerprint density at radius 1 is 1.91 bits per heavy atom. The molecule has 0 bridgehead atoms. The number of carboxylic acids is 1. The third-order valence-electron chi connectivity index (χ3n) is 1.13. The first kappa shape index (κ1) is 7.67. The second-order valence-electron chi connectivity index (χ2n) is 2.00. The summed E-state index contributed by atoms with van der Waals surface area (Å²) in [6, 6.07) is -0.965. The molecule has 0 aromatic carbocycles. The second kappa shape index (κ2) is 3.11. The van der Waals surface area contributed by atoms with E-state index in [-0.39, 0.29) is 6.42 Å². The zero-order valence-electron chi connectivity index (χ0n) is 5.60. The van der Waals surface area contributed by atoms with Crippen molar-refractivity contribution in [2.45, 2.75) is 12.5 Å². The molecule has 3 N–H and O–H groups in total. The molecule has 1 aromatic rings. The Balaban J connectivity index is 2.50. The van der Waals surface area contributed by atoms with Crippen LogP contribution in [0.1, 0.15) is 5.82 Å². The van der Waals surface area contributed by atoms with Gasteiger partial charge in [0.2, 0.25) is 6.39 Å². The van der Waals surface area contributed by atoms with Crippen LogP contribution in [0.3, 0.4) is 0 Å². The first-order chi connectivity index (χ1) is 5.20. The van der Waals surface area contributed by atoms with Crippen LogP contribution in [0.25, 0.3) is 0 Å². The normalized spacial score (nSPS) is 12.8. The lowest BCUT2D eigenvalue weighted by molar-refractivity contribution is -0.138. The summed E-state index contributed by atoms with van der Waals surface area (Å²) >= 11 is 0. The number of hydrogen-bond acceptors (Lipinski definition) is 5. The number of aromatic nitrogens is 2. The highest BCUT2D eigenvalue weighted by molar-refractivity contribution is 5.73. The number of carboxylic acid groups (broad SMARTS) is 1. The van der Waals surface area contributed by atoms with Gasteiger partial charge in [0.15, 0.2) is 5.82 Å². The van der Waals surface area contributed by atoms with Crippen molar-refractivity contribution in [3.8, 4) is 0 Å². The van der Waals surface area contributed by atoms with Crippen LogP contribution >= 0.6 is 0 Å². The van der Waals surface area contributed by atoms with Crippen LogP contribution in [0.15, 0.2) is 10.9 Å². The minimum absolute atomic E-state index is 0.0891. The quantitative estimate of drug-likeness (QED) is 0.584. The third-order valence-corrected chi connectivity index (χ3v) is 1.13.